The zero-order chi connectivity index (χ0) is 13.1. The molecule has 2 nitrogen and oxygen atoms in total. The number of benzene rings is 2. The molecule has 0 aliphatic heterocycles. The Morgan fingerprint density at radius 3 is 1.44 bits per heavy atom. The first-order chi connectivity index (χ1) is 8.73. The van der Waals surface area contributed by atoms with Crippen LogP contribution in [-0.4, -0.2) is 14.2 Å². The van der Waals surface area contributed by atoms with Crippen LogP contribution < -0.4 is 9.47 Å². The van der Waals surface area contributed by atoms with Crippen LogP contribution in [0.3, 0.4) is 0 Å². The molecule has 0 saturated carbocycles. The average molecular weight is 374 g/mol. The lowest BCUT2D eigenvalue weighted by atomic mass is 10.0. The van der Waals surface area contributed by atoms with E-state index >= 15 is 0 Å². The summed E-state index contributed by atoms with van der Waals surface area (Å²) >= 11 is 7.04. The van der Waals surface area contributed by atoms with Gasteiger partial charge in [0.15, 0.2) is 11.5 Å². The highest BCUT2D eigenvalue weighted by molar-refractivity contribution is 9.09. The predicted octanol–water partition coefficient (Wildman–Crippen LogP) is 4.65. The predicted molar refractivity (Wildman–Crippen MR) is 82.3 cm³/mol. The van der Waals surface area contributed by atoms with Gasteiger partial charge in [0, 0.05) is 10.7 Å². The lowest BCUT2D eigenvalue weighted by Crippen LogP contribution is -1.93. The van der Waals surface area contributed by atoms with Crippen molar-refractivity contribution in [2.24, 2.45) is 0 Å². The normalized spacial score (nSPS) is 10.7. The van der Waals surface area contributed by atoms with Crippen LogP contribution in [0.5, 0.6) is 11.5 Å². The van der Waals surface area contributed by atoms with E-state index in [1.807, 2.05) is 12.1 Å². The van der Waals surface area contributed by atoms with E-state index < -0.39 is 0 Å². The van der Waals surface area contributed by atoms with Gasteiger partial charge in [-0.25, -0.2) is 0 Å². The summed E-state index contributed by atoms with van der Waals surface area (Å²) in [4.78, 5) is 0. The molecule has 4 heteroatoms. The minimum Gasteiger partial charge on any atom is -0.493 e. The molecule has 2 aromatic rings. The Balaban J connectivity index is 2.69. The van der Waals surface area contributed by atoms with Gasteiger partial charge in [0.1, 0.15) is 0 Å². The van der Waals surface area contributed by atoms with E-state index in [0.717, 1.165) is 32.9 Å². The van der Waals surface area contributed by atoms with Crippen LogP contribution in [0.4, 0.5) is 0 Å². The number of alkyl halides is 2. The van der Waals surface area contributed by atoms with Crippen LogP contribution >= 0.6 is 31.9 Å². The Morgan fingerprint density at radius 2 is 1.17 bits per heavy atom. The molecule has 0 aromatic heterocycles. The summed E-state index contributed by atoms with van der Waals surface area (Å²) in [6.07, 6.45) is 0. The van der Waals surface area contributed by atoms with E-state index in [2.05, 4.69) is 44.0 Å². The van der Waals surface area contributed by atoms with E-state index in [0.29, 0.717) is 0 Å². The van der Waals surface area contributed by atoms with Gasteiger partial charge < -0.3 is 9.47 Å². The van der Waals surface area contributed by atoms with Crippen molar-refractivity contribution in [2.75, 3.05) is 14.2 Å². The third-order valence-corrected chi connectivity index (χ3v) is 4.16. The molecule has 0 N–H and O–H groups in total. The number of ether oxygens (including phenoxy) is 2. The van der Waals surface area contributed by atoms with E-state index in [-0.39, 0.29) is 0 Å². The molecule has 0 heterocycles. The maximum absolute atomic E-state index is 5.33. The van der Waals surface area contributed by atoms with Crippen LogP contribution in [0.15, 0.2) is 24.3 Å². The Kier molecular flexibility index (Phi) is 4.51. The topological polar surface area (TPSA) is 18.5 Å². The average Bonchev–Trinajstić information content (AvgIpc) is 2.43. The van der Waals surface area contributed by atoms with E-state index in [1.54, 1.807) is 14.2 Å². The fraction of sp³-hybridized carbons (Fsp3) is 0.286. The van der Waals surface area contributed by atoms with Crippen molar-refractivity contribution in [3.05, 3.63) is 35.4 Å². The van der Waals surface area contributed by atoms with Crippen molar-refractivity contribution in [1.82, 2.24) is 0 Å². The SMILES string of the molecule is COc1cc2cc(CBr)c(CBr)cc2cc1OC. The van der Waals surface area contributed by atoms with Crippen molar-refractivity contribution < 1.29 is 9.47 Å². The van der Waals surface area contributed by atoms with Gasteiger partial charge in [0.25, 0.3) is 0 Å². The maximum atomic E-state index is 5.33. The molecule has 0 atom stereocenters. The number of hydrogen-bond donors (Lipinski definition) is 0. The van der Waals surface area contributed by atoms with E-state index in [4.69, 9.17) is 9.47 Å². The summed E-state index contributed by atoms with van der Waals surface area (Å²) < 4.78 is 10.7. The monoisotopic (exact) mass is 372 g/mol. The largest absolute Gasteiger partial charge is 0.493 e. The lowest BCUT2D eigenvalue weighted by Gasteiger charge is -2.12. The quantitative estimate of drug-likeness (QED) is 0.726. The molecule has 18 heavy (non-hydrogen) atoms. The van der Waals surface area contributed by atoms with E-state index in [9.17, 15) is 0 Å². The summed E-state index contributed by atoms with van der Waals surface area (Å²) in [5.74, 6) is 1.52. The van der Waals surface area contributed by atoms with Crippen LogP contribution in [-0.2, 0) is 10.7 Å². The minimum atomic E-state index is 0.761. The Labute approximate surface area is 124 Å². The highest BCUT2D eigenvalue weighted by Gasteiger charge is 2.09. The van der Waals surface area contributed by atoms with Crippen molar-refractivity contribution in [2.45, 2.75) is 10.7 Å². The van der Waals surface area contributed by atoms with Crippen molar-refractivity contribution in [3.63, 3.8) is 0 Å². The van der Waals surface area contributed by atoms with Gasteiger partial charge >= 0.3 is 0 Å². The van der Waals surface area contributed by atoms with Crippen LogP contribution in [0, 0.1) is 0 Å². The molecular formula is C14H14Br2O2. The second kappa shape index (κ2) is 5.93. The number of hydrogen-bond acceptors (Lipinski definition) is 2. The molecule has 0 amide bonds. The second-order valence-electron chi connectivity index (χ2n) is 3.94. The molecule has 0 radical (unpaired) electrons. The summed E-state index contributed by atoms with van der Waals surface area (Å²) in [7, 11) is 3.31. The molecule has 0 bridgehead atoms. The Bertz CT molecular complexity index is 470. The molecule has 0 aliphatic rings. The first kappa shape index (κ1) is 13.7. The number of rotatable bonds is 4. The zero-order valence-corrected chi connectivity index (χ0v) is 13.5. The summed E-state index contributed by atoms with van der Waals surface area (Å²) in [6.45, 7) is 0. The first-order valence-electron chi connectivity index (χ1n) is 5.53. The molecule has 2 rings (SSSR count). The van der Waals surface area contributed by atoms with Gasteiger partial charge in [-0.05, 0) is 46.2 Å². The summed E-state index contributed by atoms with van der Waals surface area (Å²) in [6, 6.07) is 8.39. The van der Waals surface area contributed by atoms with Crippen molar-refractivity contribution >= 4 is 42.6 Å². The lowest BCUT2D eigenvalue weighted by molar-refractivity contribution is 0.356. The van der Waals surface area contributed by atoms with Crippen molar-refractivity contribution in [3.8, 4) is 11.5 Å². The molecule has 0 fully saturated rings. The smallest absolute Gasteiger partial charge is 0.161 e. The molecule has 96 valence electrons. The third kappa shape index (κ3) is 2.50. The van der Waals surface area contributed by atoms with Gasteiger partial charge in [-0.2, -0.15) is 0 Å². The third-order valence-electron chi connectivity index (χ3n) is 2.95. The summed E-state index contributed by atoms with van der Waals surface area (Å²) in [5.41, 5.74) is 2.57. The first-order valence-corrected chi connectivity index (χ1v) is 7.77. The number of methoxy groups -OCH3 is 2. The van der Waals surface area contributed by atoms with Crippen molar-refractivity contribution in [1.29, 1.82) is 0 Å². The Hall–Kier alpha value is -0.740. The molecule has 2 aromatic carbocycles. The Morgan fingerprint density at radius 1 is 0.778 bits per heavy atom. The van der Waals surface area contributed by atoms with Gasteiger partial charge in [-0.3, -0.25) is 0 Å². The summed E-state index contributed by atoms with van der Waals surface area (Å²) in [5, 5.41) is 4.01. The molecule has 0 unspecified atom stereocenters. The molecule has 0 spiro atoms. The van der Waals surface area contributed by atoms with Gasteiger partial charge in [0.05, 0.1) is 14.2 Å². The van der Waals surface area contributed by atoms with E-state index in [1.165, 1.54) is 11.1 Å². The van der Waals surface area contributed by atoms with Crippen LogP contribution in [0.25, 0.3) is 10.8 Å². The fourth-order valence-corrected chi connectivity index (χ4v) is 3.01. The van der Waals surface area contributed by atoms with Gasteiger partial charge in [-0.1, -0.05) is 31.9 Å². The molecule has 0 aliphatic carbocycles. The number of fused-ring (bicyclic) bond motifs is 1. The van der Waals surface area contributed by atoms with Gasteiger partial charge in [-0.15, -0.1) is 0 Å². The standard InChI is InChI=1S/C14H14Br2O2/c1-17-13-5-9-3-11(7-15)12(8-16)4-10(9)6-14(13)18-2/h3-6H,7-8H2,1-2H3. The van der Waals surface area contributed by atoms with Crippen LogP contribution in [0.1, 0.15) is 11.1 Å². The maximum Gasteiger partial charge on any atom is 0.161 e. The fourth-order valence-electron chi connectivity index (χ4n) is 1.97. The minimum absolute atomic E-state index is 0.761. The number of halogens is 2. The molecule has 0 saturated heterocycles. The molecular weight excluding hydrogens is 360 g/mol. The highest BCUT2D eigenvalue weighted by Crippen LogP contribution is 2.34. The second-order valence-corrected chi connectivity index (χ2v) is 5.06. The zero-order valence-electron chi connectivity index (χ0n) is 10.3. The van der Waals surface area contributed by atoms with Crippen LogP contribution in [0.2, 0.25) is 0 Å². The van der Waals surface area contributed by atoms with Gasteiger partial charge in [0.2, 0.25) is 0 Å². The highest BCUT2D eigenvalue weighted by atomic mass is 79.9.